The minimum atomic E-state index is -0.991. The normalized spacial score (nSPS) is 16.3. The third-order valence-corrected chi connectivity index (χ3v) is 5.98. The zero-order valence-corrected chi connectivity index (χ0v) is 17.8. The summed E-state index contributed by atoms with van der Waals surface area (Å²) in [5.41, 5.74) is -0.420. The smallest absolute Gasteiger partial charge is 0.190 e. The van der Waals surface area contributed by atoms with Gasteiger partial charge in [0.15, 0.2) is 34.8 Å². The van der Waals surface area contributed by atoms with Gasteiger partial charge in [-0.1, -0.05) is 32.1 Å². The maximum atomic E-state index is 14.8. The maximum absolute atomic E-state index is 14.8. The summed E-state index contributed by atoms with van der Waals surface area (Å²) in [6, 6.07) is 4.62. The first kappa shape index (κ1) is 24.3. The number of benzene rings is 2. The number of hydrogen-bond acceptors (Lipinski definition) is 4. The minimum Gasteiger partial charge on any atom is -0.485 e. The van der Waals surface area contributed by atoms with Crippen molar-refractivity contribution in [3.8, 4) is 11.5 Å². The van der Waals surface area contributed by atoms with Crippen molar-refractivity contribution in [1.82, 2.24) is 0 Å². The van der Waals surface area contributed by atoms with Crippen molar-refractivity contribution in [2.75, 3.05) is 26.4 Å². The summed E-state index contributed by atoms with van der Waals surface area (Å²) in [7, 11) is 0. The monoisotopic (exact) mass is 456 g/mol. The lowest BCUT2D eigenvalue weighted by atomic mass is 9.67. The molecule has 2 aromatic carbocycles. The second kappa shape index (κ2) is 11.0. The quantitative estimate of drug-likeness (QED) is 0.548. The summed E-state index contributed by atoms with van der Waals surface area (Å²) < 4.78 is 69.1. The largest absolute Gasteiger partial charge is 0.485 e. The first-order valence-electron chi connectivity index (χ1n) is 10.9. The molecule has 0 aromatic heterocycles. The Hall–Kier alpha value is -2.32. The van der Waals surface area contributed by atoms with Crippen LogP contribution in [-0.4, -0.2) is 36.6 Å². The van der Waals surface area contributed by atoms with Crippen molar-refractivity contribution < 1.29 is 37.2 Å². The van der Waals surface area contributed by atoms with E-state index in [-0.39, 0.29) is 24.3 Å². The van der Waals surface area contributed by atoms with E-state index in [2.05, 4.69) is 0 Å². The molecule has 4 nitrogen and oxygen atoms in total. The Morgan fingerprint density at radius 3 is 1.31 bits per heavy atom. The number of rotatable bonds is 8. The lowest BCUT2D eigenvalue weighted by molar-refractivity contribution is 0.190. The maximum Gasteiger partial charge on any atom is 0.190 e. The number of ether oxygens (including phenoxy) is 2. The molecule has 2 aromatic rings. The van der Waals surface area contributed by atoms with E-state index in [4.69, 9.17) is 19.7 Å². The van der Waals surface area contributed by atoms with E-state index >= 15 is 0 Å². The van der Waals surface area contributed by atoms with E-state index in [1.54, 1.807) is 0 Å². The highest BCUT2D eigenvalue weighted by Gasteiger charge is 2.37. The van der Waals surface area contributed by atoms with Crippen LogP contribution in [0, 0.1) is 23.3 Å². The van der Waals surface area contributed by atoms with Gasteiger partial charge < -0.3 is 19.7 Å². The van der Waals surface area contributed by atoms with Gasteiger partial charge in [-0.15, -0.1) is 0 Å². The van der Waals surface area contributed by atoms with Crippen LogP contribution in [-0.2, 0) is 5.41 Å². The SMILES string of the molecule is OCCOc1c(F)cc(C2(c3cc(F)c(OCCO)c(F)c3)CCCCCCC2)cc1F. The molecule has 0 unspecified atom stereocenters. The summed E-state index contributed by atoms with van der Waals surface area (Å²) in [6.45, 7) is -1.31. The highest BCUT2D eigenvalue weighted by atomic mass is 19.1. The van der Waals surface area contributed by atoms with Gasteiger partial charge in [0.25, 0.3) is 0 Å². The lowest BCUT2D eigenvalue weighted by Crippen LogP contribution is -2.30. The molecule has 2 N–H and O–H groups in total. The Balaban J connectivity index is 2.12. The average molecular weight is 456 g/mol. The molecule has 0 amide bonds. The van der Waals surface area contributed by atoms with Gasteiger partial charge in [0.1, 0.15) is 13.2 Å². The minimum absolute atomic E-state index is 0.260. The zero-order chi connectivity index (χ0) is 23.1. The predicted octanol–water partition coefficient (Wildman–Crippen LogP) is 5.02. The van der Waals surface area contributed by atoms with Gasteiger partial charge in [-0.25, -0.2) is 17.6 Å². The van der Waals surface area contributed by atoms with Gasteiger partial charge in [0, 0.05) is 5.41 Å². The van der Waals surface area contributed by atoms with Crippen LogP contribution in [0.25, 0.3) is 0 Å². The van der Waals surface area contributed by atoms with Crippen LogP contribution < -0.4 is 9.47 Å². The molecule has 176 valence electrons. The molecule has 32 heavy (non-hydrogen) atoms. The predicted molar refractivity (Wildman–Crippen MR) is 111 cm³/mol. The number of hydrogen-bond donors (Lipinski definition) is 2. The highest BCUT2D eigenvalue weighted by Crippen LogP contribution is 2.46. The molecule has 0 heterocycles. The van der Waals surface area contributed by atoms with Gasteiger partial charge in [-0.05, 0) is 48.2 Å². The second-order valence-corrected chi connectivity index (χ2v) is 8.03. The van der Waals surface area contributed by atoms with Crippen molar-refractivity contribution in [2.24, 2.45) is 0 Å². The van der Waals surface area contributed by atoms with E-state index in [0.717, 1.165) is 56.4 Å². The van der Waals surface area contributed by atoms with Crippen LogP contribution >= 0.6 is 0 Å². The van der Waals surface area contributed by atoms with E-state index < -0.39 is 53.4 Å². The van der Waals surface area contributed by atoms with Crippen LogP contribution in [0.15, 0.2) is 24.3 Å². The molecule has 1 saturated carbocycles. The molecule has 0 saturated heterocycles. The summed E-state index contributed by atoms with van der Waals surface area (Å²) in [6.07, 6.45) is 5.26. The molecule has 0 radical (unpaired) electrons. The topological polar surface area (TPSA) is 58.9 Å². The fourth-order valence-corrected chi connectivity index (χ4v) is 4.50. The van der Waals surface area contributed by atoms with Crippen molar-refractivity contribution in [3.63, 3.8) is 0 Å². The number of aliphatic hydroxyl groups excluding tert-OH is 2. The summed E-state index contributed by atoms with van der Waals surface area (Å²) in [4.78, 5) is 0. The highest BCUT2D eigenvalue weighted by molar-refractivity contribution is 5.45. The molecule has 8 heteroatoms. The van der Waals surface area contributed by atoms with Crippen LogP contribution in [0.3, 0.4) is 0 Å². The summed E-state index contributed by atoms with van der Waals surface area (Å²) in [5.74, 6) is -4.90. The number of halogens is 4. The van der Waals surface area contributed by atoms with E-state index in [1.807, 2.05) is 0 Å². The summed E-state index contributed by atoms with van der Waals surface area (Å²) >= 11 is 0. The molecule has 1 aliphatic carbocycles. The van der Waals surface area contributed by atoms with Crippen molar-refractivity contribution in [2.45, 2.75) is 50.4 Å². The van der Waals surface area contributed by atoms with Crippen molar-refractivity contribution >= 4 is 0 Å². The van der Waals surface area contributed by atoms with Crippen LogP contribution in [0.4, 0.5) is 17.6 Å². The fourth-order valence-electron chi connectivity index (χ4n) is 4.50. The fraction of sp³-hybridized carbons (Fsp3) is 0.500. The van der Waals surface area contributed by atoms with Crippen molar-refractivity contribution in [3.05, 3.63) is 58.7 Å². The van der Waals surface area contributed by atoms with Crippen molar-refractivity contribution in [1.29, 1.82) is 0 Å². The lowest BCUT2D eigenvalue weighted by Gasteiger charge is -2.37. The van der Waals surface area contributed by atoms with Crippen LogP contribution in [0.5, 0.6) is 11.5 Å². The molecule has 1 fully saturated rings. The van der Waals surface area contributed by atoms with Gasteiger partial charge >= 0.3 is 0 Å². The van der Waals surface area contributed by atoms with E-state index in [1.165, 1.54) is 0 Å². The molecule has 0 aliphatic heterocycles. The molecule has 3 rings (SSSR count). The average Bonchev–Trinajstić information content (AvgIpc) is 2.73. The van der Waals surface area contributed by atoms with E-state index in [9.17, 15) is 17.6 Å². The van der Waals surface area contributed by atoms with Gasteiger partial charge in [-0.2, -0.15) is 0 Å². The van der Waals surface area contributed by atoms with Gasteiger partial charge in [0.2, 0.25) is 0 Å². The molecular weight excluding hydrogens is 428 g/mol. The Kier molecular flexibility index (Phi) is 8.37. The van der Waals surface area contributed by atoms with Gasteiger partial charge in [-0.3, -0.25) is 0 Å². The molecular formula is C24H28F4O4. The first-order chi connectivity index (χ1) is 15.4. The second-order valence-electron chi connectivity index (χ2n) is 8.03. The molecule has 0 atom stereocenters. The Morgan fingerprint density at radius 2 is 0.969 bits per heavy atom. The van der Waals surface area contributed by atoms with E-state index in [0.29, 0.717) is 12.8 Å². The third-order valence-electron chi connectivity index (χ3n) is 5.98. The van der Waals surface area contributed by atoms with Gasteiger partial charge in [0.05, 0.1) is 13.2 Å². The van der Waals surface area contributed by atoms with Crippen LogP contribution in [0.1, 0.15) is 56.1 Å². The Bertz CT molecular complexity index is 799. The third kappa shape index (κ3) is 5.18. The number of aliphatic hydroxyl groups is 2. The first-order valence-corrected chi connectivity index (χ1v) is 10.9. The zero-order valence-electron chi connectivity index (χ0n) is 17.8. The molecule has 0 spiro atoms. The summed E-state index contributed by atoms with van der Waals surface area (Å²) in [5, 5.41) is 17.8. The van der Waals surface area contributed by atoms with Crippen LogP contribution in [0.2, 0.25) is 0 Å². The Labute approximate surface area is 184 Å². The molecule has 0 bridgehead atoms. The Morgan fingerprint density at radius 1 is 0.625 bits per heavy atom. The standard InChI is InChI=1S/C24H28F4O4/c25-18-12-16(13-19(26)22(18)31-10-8-29)24(6-4-2-1-3-5-7-24)17-14-20(27)23(21(28)15-17)32-11-9-30/h12-15,29-30H,1-11H2. The molecule has 1 aliphatic rings.